The van der Waals surface area contributed by atoms with Gasteiger partial charge in [0.05, 0.1) is 30.3 Å². The van der Waals surface area contributed by atoms with Crippen molar-refractivity contribution < 1.29 is 23.4 Å². The van der Waals surface area contributed by atoms with Gasteiger partial charge in [0.25, 0.3) is 5.91 Å². The van der Waals surface area contributed by atoms with Crippen molar-refractivity contribution in [3.8, 4) is 23.3 Å². The molecule has 0 aliphatic carbocycles. The maximum atomic E-state index is 13.1. The van der Waals surface area contributed by atoms with Crippen LogP contribution in [0.1, 0.15) is 18.3 Å². The van der Waals surface area contributed by atoms with E-state index in [1.54, 1.807) is 31.4 Å². The number of hydrogen-bond acceptors (Lipinski definition) is 6. The summed E-state index contributed by atoms with van der Waals surface area (Å²) in [4.78, 5) is 20.0. The number of H-pyrrole nitrogens is 1. The monoisotopic (exact) mass is 564 g/mol. The van der Waals surface area contributed by atoms with Crippen LogP contribution in [0.4, 0.5) is 10.1 Å². The van der Waals surface area contributed by atoms with E-state index in [0.29, 0.717) is 56.5 Å². The second-order valence-electron chi connectivity index (χ2n) is 7.74. The summed E-state index contributed by atoms with van der Waals surface area (Å²) >= 11 is 3.51. The summed E-state index contributed by atoms with van der Waals surface area (Å²) in [5, 5.41) is 12.5. The fourth-order valence-electron chi connectivity index (χ4n) is 3.47. The average molecular weight is 565 g/mol. The number of carbonyl (C=O) groups is 1. The normalized spacial score (nSPS) is 11.2. The first-order chi connectivity index (χ1) is 17.9. The number of halogens is 2. The van der Waals surface area contributed by atoms with Crippen molar-refractivity contribution in [2.45, 2.75) is 6.92 Å². The zero-order valence-electron chi connectivity index (χ0n) is 20.0. The summed E-state index contributed by atoms with van der Waals surface area (Å²) < 4.78 is 30.4. The molecule has 4 rings (SSSR count). The van der Waals surface area contributed by atoms with Gasteiger partial charge < -0.3 is 24.5 Å². The van der Waals surface area contributed by atoms with Crippen LogP contribution in [0.3, 0.4) is 0 Å². The van der Waals surface area contributed by atoms with Crippen LogP contribution in [0, 0.1) is 17.1 Å². The number of fused-ring (bicyclic) bond motifs is 1. The first-order valence-electron chi connectivity index (χ1n) is 11.2. The van der Waals surface area contributed by atoms with Crippen molar-refractivity contribution in [3.63, 3.8) is 0 Å². The summed E-state index contributed by atoms with van der Waals surface area (Å²) in [6.45, 7) is 1.90. The Morgan fingerprint density at radius 2 is 1.92 bits per heavy atom. The molecule has 1 amide bonds. The van der Waals surface area contributed by atoms with Crippen LogP contribution in [0.5, 0.6) is 17.2 Å². The van der Waals surface area contributed by atoms with E-state index in [-0.39, 0.29) is 6.61 Å². The predicted octanol–water partition coefficient (Wildman–Crippen LogP) is 5.95. The third kappa shape index (κ3) is 6.26. The largest absolute Gasteiger partial charge is 0.497 e. The van der Waals surface area contributed by atoms with Crippen LogP contribution >= 0.6 is 15.9 Å². The third-order valence-corrected chi connectivity index (χ3v) is 5.90. The van der Waals surface area contributed by atoms with Crippen molar-refractivity contribution in [3.05, 3.63) is 76.3 Å². The van der Waals surface area contributed by atoms with E-state index in [1.807, 2.05) is 19.1 Å². The van der Waals surface area contributed by atoms with Crippen molar-refractivity contribution in [2.75, 3.05) is 25.6 Å². The molecule has 188 valence electrons. The molecule has 0 unspecified atom stereocenters. The van der Waals surface area contributed by atoms with Crippen molar-refractivity contribution in [1.82, 2.24) is 9.97 Å². The lowest BCUT2D eigenvalue weighted by atomic mass is 10.1. The minimum absolute atomic E-state index is 0.287. The Balaban J connectivity index is 1.56. The molecule has 2 N–H and O–H groups in total. The second-order valence-corrected chi connectivity index (χ2v) is 8.59. The standard InChI is InChI=1S/C27H22BrFN4O4/c1-3-36-24-11-16(10-17(14-30)27-32-22-9-8-20(35-2)12-23(22)33-27)21(28)13-25(24)37-15-26(34)31-19-6-4-18(29)5-7-19/h4-13H,3,15H2,1-2H3,(H,31,34)(H,32,33)/b17-10-. The molecule has 0 aliphatic rings. The Bertz CT molecular complexity index is 1510. The zero-order chi connectivity index (χ0) is 26.4. The predicted molar refractivity (Wildman–Crippen MR) is 142 cm³/mol. The average Bonchev–Trinajstić information content (AvgIpc) is 3.32. The topological polar surface area (TPSA) is 109 Å². The molecule has 1 aromatic heterocycles. The quantitative estimate of drug-likeness (QED) is 0.243. The molecule has 0 atom stereocenters. The molecule has 8 nitrogen and oxygen atoms in total. The number of benzene rings is 3. The molecule has 1 heterocycles. The Kier molecular flexibility index (Phi) is 8.05. The number of hydrogen-bond donors (Lipinski definition) is 2. The number of anilines is 1. The van der Waals surface area contributed by atoms with E-state index in [1.165, 1.54) is 24.3 Å². The lowest BCUT2D eigenvalue weighted by molar-refractivity contribution is -0.118. The molecular weight excluding hydrogens is 543 g/mol. The highest BCUT2D eigenvalue weighted by molar-refractivity contribution is 9.10. The lowest BCUT2D eigenvalue weighted by Crippen LogP contribution is -2.20. The van der Waals surface area contributed by atoms with Gasteiger partial charge in [-0.2, -0.15) is 5.26 Å². The van der Waals surface area contributed by atoms with Crippen LogP contribution in [0.15, 0.2) is 59.1 Å². The number of imidazole rings is 1. The molecule has 3 aromatic carbocycles. The van der Waals surface area contributed by atoms with Gasteiger partial charge in [-0.25, -0.2) is 9.37 Å². The van der Waals surface area contributed by atoms with Gasteiger partial charge in [0.15, 0.2) is 18.1 Å². The van der Waals surface area contributed by atoms with Gasteiger partial charge in [-0.05, 0) is 67.1 Å². The van der Waals surface area contributed by atoms with Crippen LogP contribution < -0.4 is 19.5 Å². The SMILES string of the molecule is CCOc1cc(/C=C(/C#N)c2nc3ccc(OC)cc3[nH]2)c(Br)cc1OCC(=O)Nc1ccc(F)cc1. The Morgan fingerprint density at radius 1 is 1.16 bits per heavy atom. The second kappa shape index (κ2) is 11.6. The summed E-state index contributed by atoms with van der Waals surface area (Å²) in [5.41, 5.74) is 2.86. The van der Waals surface area contributed by atoms with E-state index in [4.69, 9.17) is 14.2 Å². The van der Waals surface area contributed by atoms with Crippen LogP contribution in [0.2, 0.25) is 0 Å². The van der Waals surface area contributed by atoms with E-state index in [0.717, 1.165) is 5.52 Å². The molecule has 0 fully saturated rings. The summed E-state index contributed by atoms with van der Waals surface area (Å²) in [7, 11) is 1.58. The van der Waals surface area contributed by atoms with Gasteiger partial charge in [-0.3, -0.25) is 4.79 Å². The number of ether oxygens (including phenoxy) is 3. The highest BCUT2D eigenvalue weighted by atomic mass is 79.9. The van der Waals surface area contributed by atoms with Crippen LogP contribution in [-0.4, -0.2) is 36.2 Å². The van der Waals surface area contributed by atoms with E-state index >= 15 is 0 Å². The number of nitriles is 1. The van der Waals surface area contributed by atoms with Crippen LogP contribution in [0.25, 0.3) is 22.7 Å². The smallest absolute Gasteiger partial charge is 0.262 e. The molecule has 0 saturated heterocycles. The number of carbonyl (C=O) groups excluding carboxylic acids is 1. The molecular formula is C27H22BrFN4O4. The first kappa shape index (κ1) is 25.7. The summed E-state index contributed by atoms with van der Waals surface area (Å²) in [6, 6.07) is 16.4. The summed E-state index contributed by atoms with van der Waals surface area (Å²) in [6.07, 6.45) is 1.67. The number of allylic oxidation sites excluding steroid dienone is 1. The first-order valence-corrected chi connectivity index (χ1v) is 12.0. The molecule has 0 spiro atoms. The molecule has 10 heteroatoms. The van der Waals surface area contributed by atoms with Gasteiger partial charge in [0.2, 0.25) is 0 Å². The molecule has 4 aromatic rings. The van der Waals surface area contributed by atoms with Crippen molar-refractivity contribution >= 4 is 50.2 Å². The van der Waals surface area contributed by atoms with Gasteiger partial charge in [0.1, 0.15) is 23.5 Å². The van der Waals surface area contributed by atoms with Crippen molar-refractivity contribution in [1.29, 1.82) is 5.26 Å². The molecule has 0 radical (unpaired) electrons. The molecule has 0 aliphatic heterocycles. The molecule has 0 bridgehead atoms. The maximum Gasteiger partial charge on any atom is 0.262 e. The maximum absolute atomic E-state index is 13.1. The Labute approximate surface area is 220 Å². The number of rotatable bonds is 9. The number of nitrogens with zero attached hydrogens (tertiary/aromatic N) is 2. The van der Waals surface area contributed by atoms with Crippen LogP contribution in [-0.2, 0) is 4.79 Å². The van der Waals surface area contributed by atoms with E-state index in [9.17, 15) is 14.4 Å². The number of aromatic amines is 1. The van der Waals surface area contributed by atoms with Gasteiger partial charge in [-0.15, -0.1) is 0 Å². The van der Waals surface area contributed by atoms with Crippen molar-refractivity contribution in [2.24, 2.45) is 0 Å². The highest BCUT2D eigenvalue weighted by Crippen LogP contribution is 2.36. The minimum atomic E-state index is -0.414. The fourth-order valence-corrected chi connectivity index (χ4v) is 3.91. The molecule has 37 heavy (non-hydrogen) atoms. The number of nitrogens with one attached hydrogen (secondary N) is 2. The molecule has 0 saturated carbocycles. The Morgan fingerprint density at radius 3 is 2.62 bits per heavy atom. The minimum Gasteiger partial charge on any atom is -0.497 e. The lowest BCUT2D eigenvalue weighted by Gasteiger charge is -2.14. The number of aromatic nitrogens is 2. The Hall–Kier alpha value is -4.36. The van der Waals surface area contributed by atoms with Gasteiger partial charge in [-0.1, -0.05) is 15.9 Å². The van der Waals surface area contributed by atoms with E-state index < -0.39 is 11.7 Å². The van der Waals surface area contributed by atoms with E-state index in [2.05, 4.69) is 37.3 Å². The van der Waals surface area contributed by atoms with Gasteiger partial charge in [0, 0.05) is 16.2 Å². The fraction of sp³-hybridized carbons (Fsp3) is 0.148. The zero-order valence-corrected chi connectivity index (χ0v) is 21.6. The number of methoxy groups -OCH3 is 1. The third-order valence-electron chi connectivity index (χ3n) is 5.21. The highest BCUT2D eigenvalue weighted by Gasteiger charge is 2.15. The van der Waals surface area contributed by atoms with Gasteiger partial charge >= 0.3 is 0 Å². The number of amides is 1. The summed E-state index contributed by atoms with van der Waals surface area (Å²) in [5.74, 6) is 1.02.